The largest absolute Gasteiger partial charge is 0.352 e. The van der Waals surface area contributed by atoms with Crippen LogP contribution >= 0.6 is 0 Å². The Balaban J connectivity index is 1.57. The van der Waals surface area contributed by atoms with E-state index in [9.17, 15) is 4.79 Å². The zero-order valence-corrected chi connectivity index (χ0v) is 11.6. The summed E-state index contributed by atoms with van der Waals surface area (Å²) in [6, 6.07) is 0.199. The molecule has 0 radical (unpaired) electrons. The molecule has 1 amide bonds. The van der Waals surface area contributed by atoms with Gasteiger partial charge < -0.3 is 10.3 Å². The Morgan fingerprint density at radius 3 is 3.11 bits per heavy atom. The van der Waals surface area contributed by atoms with E-state index in [-0.39, 0.29) is 11.9 Å². The molecule has 104 valence electrons. The summed E-state index contributed by atoms with van der Waals surface area (Å²) in [6.45, 7) is 5.24. The minimum absolute atomic E-state index is 0.122. The van der Waals surface area contributed by atoms with Gasteiger partial charge in [-0.2, -0.15) is 0 Å². The van der Waals surface area contributed by atoms with Crippen molar-refractivity contribution < 1.29 is 4.79 Å². The van der Waals surface area contributed by atoms with Gasteiger partial charge in [-0.05, 0) is 24.7 Å². The predicted molar refractivity (Wildman–Crippen MR) is 72.5 cm³/mol. The molecule has 1 saturated carbocycles. The highest BCUT2D eigenvalue weighted by Gasteiger charge is 2.33. The van der Waals surface area contributed by atoms with Crippen molar-refractivity contribution in [3.63, 3.8) is 0 Å². The Morgan fingerprint density at radius 1 is 1.53 bits per heavy atom. The first kappa shape index (κ1) is 12.7. The molecule has 0 aromatic carbocycles. The third-order valence-corrected chi connectivity index (χ3v) is 4.36. The fourth-order valence-electron chi connectivity index (χ4n) is 3.22. The number of fused-ring (bicyclic) bond motifs is 1. The van der Waals surface area contributed by atoms with E-state index in [1.165, 1.54) is 6.42 Å². The van der Waals surface area contributed by atoms with E-state index < -0.39 is 0 Å². The van der Waals surface area contributed by atoms with Gasteiger partial charge in [-0.1, -0.05) is 13.8 Å². The zero-order valence-electron chi connectivity index (χ0n) is 11.6. The first-order valence-corrected chi connectivity index (χ1v) is 7.08. The average molecular weight is 262 g/mol. The van der Waals surface area contributed by atoms with Gasteiger partial charge in [-0.25, -0.2) is 4.98 Å². The number of H-pyrrole nitrogens is 1. The Labute approximate surface area is 113 Å². The second-order valence-corrected chi connectivity index (χ2v) is 6.58. The van der Waals surface area contributed by atoms with Crippen LogP contribution in [0, 0.1) is 5.41 Å². The molecule has 2 atom stereocenters. The second-order valence-electron chi connectivity index (χ2n) is 6.58. The lowest BCUT2D eigenvalue weighted by Crippen LogP contribution is -2.50. The minimum Gasteiger partial charge on any atom is -0.352 e. The third-order valence-electron chi connectivity index (χ3n) is 4.36. The zero-order chi connectivity index (χ0) is 13.5. The Hall–Kier alpha value is -1.36. The van der Waals surface area contributed by atoms with Crippen LogP contribution in [0.25, 0.3) is 0 Å². The SMILES string of the molecule is CC1(C)CCC(NC(=O)C2Cc3nc[nH]c3CN2)C1. The lowest BCUT2D eigenvalue weighted by molar-refractivity contribution is -0.124. The molecule has 0 spiro atoms. The molecule has 1 aliphatic carbocycles. The van der Waals surface area contributed by atoms with E-state index in [4.69, 9.17) is 0 Å². The highest BCUT2D eigenvalue weighted by Crippen LogP contribution is 2.36. The van der Waals surface area contributed by atoms with Crippen molar-refractivity contribution in [1.29, 1.82) is 0 Å². The summed E-state index contributed by atoms with van der Waals surface area (Å²) in [7, 11) is 0. The van der Waals surface area contributed by atoms with E-state index in [2.05, 4.69) is 34.4 Å². The molecule has 2 heterocycles. The molecule has 0 bridgehead atoms. The number of rotatable bonds is 2. The van der Waals surface area contributed by atoms with Gasteiger partial charge in [-0.3, -0.25) is 10.1 Å². The summed E-state index contributed by atoms with van der Waals surface area (Å²) in [5.74, 6) is 0.122. The molecule has 5 heteroatoms. The molecule has 1 aromatic heterocycles. The number of carbonyl (C=O) groups is 1. The molecule has 3 rings (SSSR count). The fraction of sp³-hybridized carbons (Fsp3) is 0.714. The van der Waals surface area contributed by atoms with Gasteiger partial charge in [0.25, 0.3) is 0 Å². The van der Waals surface area contributed by atoms with Crippen LogP contribution in [0.5, 0.6) is 0 Å². The third kappa shape index (κ3) is 2.66. The lowest BCUT2D eigenvalue weighted by Gasteiger charge is -2.24. The topological polar surface area (TPSA) is 69.8 Å². The van der Waals surface area contributed by atoms with Crippen molar-refractivity contribution in [2.45, 2.75) is 58.2 Å². The molecule has 1 aromatic rings. The van der Waals surface area contributed by atoms with Crippen molar-refractivity contribution in [1.82, 2.24) is 20.6 Å². The number of hydrogen-bond donors (Lipinski definition) is 3. The fourth-order valence-corrected chi connectivity index (χ4v) is 3.22. The van der Waals surface area contributed by atoms with Crippen molar-refractivity contribution in [3.8, 4) is 0 Å². The quantitative estimate of drug-likeness (QED) is 0.748. The van der Waals surface area contributed by atoms with Crippen LogP contribution in [0.4, 0.5) is 0 Å². The van der Waals surface area contributed by atoms with Crippen LogP contribution in [0.2, 0.25) is 0 Å². The number of carbonyl (C=O) groups excluding carboxylic acids is 1. The number of nitrogens with one attached hydrogen (secondary N) is 3. The van der Waals surface area contributed by atoms with Crippen LogP contribution in [-0.2, 0) is 17.8 Å². The standard InChI is InChI=1S/C14H22N4O/c1-14(2)4-3-9(6-14)18-13(19)11-5-10-12(7-15-11)17-8-16-10/h8-9,11,15H,3-7H2,1-2H3,(H,16,17)(H,18,19). The Bertz CT molecular complexity index is 480. The highest BCUT2D eigenvalue weighted by molar-refractivity contribution is 5.82. The molecule has 2 unspecified atom stereocenters. The summed E-state index contributed by atoms with van der Waals surface area (Å²) in [5.41, 5.74) is 2.49. The molecule has 1 fully saturated rings. The summed E-state index contributed by atoms with van der Waals surface area (Å²) in [5, 5.41) is 6.46. The number of hydrogen-bond acceptors (Lipinski definition) is 3. The van der Waals surface area contributed by atoms with Crippen molar-refractivity contribution in [2.24, 2.45) is 5.41 Å². The molecule has 5 nitrogen and oxygen atoms in total. The summed E-state index contributed by atoms with van der Waals surface area (Å²) < 4.78 is 0. The number of imidazole rings is 1. The predicted octanol–water partition coefficient (Wildman–Crippen LogP) is 1.12. The first-order chi connectivity index (χ1) is 9.03. The molecule has 1 aliphatic heterocycles. The van der Waals surface area contributed by atoms with Crippen LogP contribution in [0.1, 0.15) is 44.5 Å². The van der Waals surface area contributed by atoms with Crippen LogP contribution < -0.4 is 10.6 Å². The van der Waals surface area contributed by atoms with Gasteiger partial charge in [-0.15, -0.1) is 0 Å². The Morgan fingerprint density at radius 2 is 2.37 bits per heavy atom. The van der Waals surface area contributed by atoms with Crippen molar-refractivity contribution in [3.05, 3.63) is 17.7 Å². The lowest BCUT2D eigenvalue weighted by atomic mass is 9.92. The normalized spacial score (nSPS) is 28.9. The average Bonchev–Trinajstić information content (AvgIpc) is 2.94. The van der Waals surface area contributed by atoms with Gasteiger partial charge in [0.05, 0.1) is 23.8 Å². The molecule has 3 N–H and O–H groups in total. The van der Waals surface area contributed by atoms with Crippen LogP contribution in [0.3, 0.4) is 0 Å². The van der Waals surface area contributed by atoms with Crippen LogP contribution in [-0.4, -0.2) is 28.0 Å². The number of aromatic nitrogens is 2. The summed E-state index contributed by atoms with van der Waals surface area (Å²) in [6.07, 6.45) is 5.75. The van der Waals surface area contributed by atoms with E-state index in [1.54, 1.807) is 6.33 Å². The highest BCUT2D eigenvalue weighted by atomic mass is 16.2. The maximum Gasteiger partial charge on any atom is 0.237 e. The molecular weight excluding hydrogens is 240 g/mol. The van der Waals surface area contributed by atoms with Gasteiger partial charge in [0.1, 0.15) is 0 Å². The molecule has 0 saturated heterocycles. The summed E-state index contributed by atoms with van der Waals surface area (Å²) >= 11 is 0. The first-order valence-electron chi connectivity index (χ1n) is 7.08. The maximum atomic E-state index is 12.3. The number of nitrogens with zero attached hydrogens (tertiary/aromatic N) is 1. The van der Waals surface area contributed by atoms with E-state index >= 15 is 0 Å². The number of aromatic amines is 1. The van der Waals surface area contributed by atoms with Crippen LogP contribution in [0.15, 0.2) is 6.33 Å². The Kier molecular flexibility index (Phi) is 3.09. The number of amides is 1. The van der Waals surface area contributed by atoms with Gasteiger partial charge >= 0.3 is 0 Å². The van der Waals surface area contributed by atoms with Gasteiger partial charge in [0, 0.05) is 19.0 Å². The molecular formula is C14H22N4O. The monoisotopic (exact) mass is 262 g/mol. The molecule has 2 aliphatic rings. The summed E-state index contributed by atoms with van der Waals surface area (Å²) in [4.78, 5) is 19.6. The minimum atomic E-state index is -0.139. The second kappa shape index (κ2) is 4.63. The van der Waals surface area contributed by atoms with Gasteiger partial charge in [0.2, 0.25) is 5.91 Å². The maximum absolute atomic E-state index is 12.3. The van der Waals surface area contributed by atoms with Crippen molar-refractivity contribution in [2.75, 3.05) is 0 Å². The molecule has 19 heavy (non-hydrogen) atoms. The smallest absolute Gasteiger partial charge is 0.237 e. The van der Waals surface area contributed by atoms with E-state index in [0.29, 0.717) is 24.4 Å². The van der Waals surface area contributed by atoms with E-state index in [0.717, 1.165) is 24.2 Å². The van der Waals surface area contributed by atoms with E-state index in [1.807, 2.05) is 0 Å². The van der Waals surface area contributed by atoms with Crippen molar-refractivity contribution >= 4 is 5.91 Å². The van der Waals surface area contributed by atoms with Gasteiger partial charge in [0.15, 0.2) is 0 Å².